The minimum Gasteiger partial charge on any atom is -0.493 e. The molecule has 144 valence electrons. The summed E-state index contributed by atoms with van der Waals surface area (Å²) < 4.78 is 5.44. The molecule has 0 bridgehead atoms. The van der Waals surface area contributed by atoms with Crippen molar-refractivity contribution in [2.24, 2.45) is 5.92 Å². The lowest BCUT2D eigenvalue weighted by molar-refractivity contribution is -0.120. The predicted molar refractivity (Wildman–Crippen MR) is 102 cm³/mol. The molecule has 0 aromatic heterocycles. The summed E-state index contributed by atoms with van der Waals surface area (Å²) in [6, 6.07) is 7.04. The van der Waals surface area contributed by atoms with Gasteiger partial charge in [0, 0.05) is 6.54 Å². The molecule has 2 amide bonds. The zero-order valence-corrected chi connectivity index (χ0v) is 15.9. The number of amides is 2. The first-order chi connectivity index (χ1) is 12.6. The van der Waals surface area contributed by atoms with E-state index in [-0.39, 0.29) is 18.4 Å². The largest absolute Gasteiger partial charge is 0.493 e. The fraction of sp³-hybridized carbons (Fsp3) is 0.600. The van der Waals surface area contributed by atoms with E-state index in [1.54, 1.807) is 18.2 Å². The van der Waals surface area contributed by atoms with E-state index >= 15 is 0 Å². The number of para-hydroxylation sites is 1. The Kier molecular flexibility index (Phi) is 8.41. The second kappa shape index (κ2) is 10.8. The molecule has 1 fully saturated rings. The molecule has 6 heteroatoms. The Morgan fingerprint density at radius 3 is 2.65 bits per heavy atom. The van der Waals surface area contributed by atoms with E-state index < -0.39 is 0 Å². The van der Waals surface area contributed by atoms with Crippen LogP contribution in [0.2, 0.25) is 0 Å². The first-order valence-electron chi connectivity index (χ1n) is 9.59. The van der Waals surface area contributed by atoms with Crippen LogP contribution in [0.5, 0.6) is 5.75 Å². The molecule has 6 nitrogen and oxygen atoms in total. The molecule has 0 spiro atoms. The lowest BCUT2D eigenvalue weighted by Gasteiger charge is -2.30. The number of likely N-dealkylation sites (tertiary alicyclic amines) is 1. The first-order valence-corrected chi connectivity index (χ1v) is 9.59. The van der Waals surface area contributed by atoms with Gasteiger partial charge in [-0.2, -0.15) is 0 Å². The summed E-state index contributed by atoms with van der Waals surface area (Å²) in [6.45, 7) is 8.60. The van der Waals surface area contributed by atoms with Crippen LogP contribution in [-0.4, -0.2) is 56.0 Å². The number of carbonyl (C=O) groups excluding carboxylic acids is 2. The predicted octanol–water partition coefficient (Wildman–Crippen LogP) is 2.05. The Morgan fingerprint density at radius 2 is 1.92 bits per heavy atom. The van der Waals surface area contributed by atoms with Gasteiger partial charge in [-0.05, 0) is 63.9 Å². The van der Waals surface area contributed by atoms with Crippen LogP contribution in [0.15, 0.2) is 24.3 Å². The highest BCUT2D eigenvalue weighted by atomic mass is 16.5. The number of benzene rings is 1. The second-order valence-corrected chi connectivity index (χ2v) is 6.84. The molecule has 1 aliphatic heterocycles. The van der Waals surface area contributed by atoms with Crippen molar-refractivity contribution >= 4 is 11.8 Å². The highest BCUT2D eigenvalue weighted by molar-refractivity contribution is 5.98. The molecule has 1 aromatic rings. The number of ether oxygens (including phenoxy) is 1. The van der Waals surface area contributed by atoms with Gasteiger partial charge >= 0.3 is 0 Å². The van der Waals surface area contributed by atoms with Crippen molar-refractivity contribution in [2.75, 3.05) is 39.3 Å². The zero-order chi connectivity index (χ0) is 18.8. The van der Waals surface area contributed by atoms with Gasteiger partial charge in [0.1, 0.15) is 5.75 Å². The molecule has 1 heterocycles. The maximum atomic E-state index is 12.2. The van der Waals surface area contributed by atoms with Gasteiger partial charge in [0.25, 0.3) is 5.91 Å². The van der Waals surface area contributed by atoms with E-state index in [4.69, 9.17) is 4.74 Å². The molecule has 0 saturated carbocycles. The van der Waals surface area contributed by atoms with Crippen LogP contribution in [0.1, 0.15) is 43.5 Å². The lowest BCUT2D eigenvalue weighted by atomic mass is 9.99. The van der Waals surface area contributed by atoms with E-state index in [1.165, 1.54) is 12.8 Å². The molecule has 26 heavy (non-hydrogen) atoms. The summed E-state index contributed by atoms with van der Waals surface area (Å²) in [5.74, 6) is 0.900. The first kappa shape index (κ1) is 20.2. The average molecular weight is 361 g/mol. The molecule has 0 atom stereocenters. The molecule has 0 aliphatic carbocycles. The topological polar surface area (TPSA) is 70.7 Å². The van der Waals surface area contributed by atoms with Crippen molar-refractivity contribution in [3.05, 3.63) is 29.8 Å². The minimum atomic E-state index is -0.299. The van der Waals surface area contributed by atoms with E-state index in [1.807, 2.05) is 13.0 Å². The third-order valence-electron chi connectivity index (χ3n) is 4.69. The zero-order valence-electron chi connectivity index (χ0n) is 15.9. The molecular weight excluding hydrogens is 330 g/mol. The Balaban J connectivity index is 1.63. The fourth-order valence-electron chi connectivity index (χ4n) is 3.07. The van der Waals surface area contributed by atoms with E-state index in [0.717, 1.165) is 32.0 Å². The Labute approximate surface area is 156 Å². The summed E-state index contributed by atoms with van der Waals surface area (Å²) >= 11 is 0. The monoisotopic (exact) mass is 361 g/mol. The smallest absolute Gasteiger partial charge is 0.255 e. The van der Waals surface area contributed by atoms with Crippen LogP contribution in [-0.2, 0) is 4.79 Å². The average Bonchev–Trinajstić information content (AvgIpc) is 2.65. The summed E-state index contributed by atoms with van der Waals surface area (Å²) in [7, 11) is 0. The Hall–Kier alpha value is -2.08. The summed E-state index contributed by atoms with van der Waals surface area (Å²) in [5, 5.41) is 5.52. The number of nitrogens with one attached hydrogen (secondary N) is 2. The van der Waals surface area contributed by atoms with Gasteiger partial charge in [0.15, 0.2) is 0 Å². The third-order valence-corrected chi connectivity index (χ3v) is 4.69. The number of hydrogen-bond acceptors (Lipinski definition) is 4. The van der Waals surface area contributed by atoms with Crippen LogP contribution in [0.3, 0.4) is 0 Å². The van der Waals surface area contributed by atoms with Crippen molar-refractivity contribution in [3.8, 4) is 5.75 Å². The van der Waals surface area contributed by atoms with Gasteiger partial charge in [-0.25, -0.2) is 0 Å². The van der Waals surface area contributed by atoms with Gasteiger partial charge in [0.2, 0.25) is 5.91 Å². The lowest BCUT2D eigenvalue weighted by Crippen LogP contribution is -2.39. The highest BCUT2D eigenvalue weighted by Crippen LogP contribution is 2.17. The quantitative estimate of drug-likeness (QED) is 0.661. The molecule has 1 aromatic carbocycles. The maximum absolute atomic E-state index is 12.2. The second-order valence-electron chi connectivity index (χ2n) is 6.84. The SMILES string of the molecule is CCOc1ccccc1C(=O)NCC(=O)NCCCN1CCC(C)CC1. The van der Waals surface area contributed by atoms with Crippen molar-refractivity contribution < 1.29 is 14.3 Å². The van der Waals surface area contributed by atoms with Crippen molar-refractivity contribution in [3.63, 3.8) is 0 Å². The Bertz CT molecular complexity index is 583. The van der Waals surface area contributed by atoms with Crippen LogP contribution in [0, 0.1) is 5.92 Å². The van der Waals surface area contributed by atoms with Gasteiger partial charge in [0.05, 0.1) is 18.7 Å². The standard InChI is InChI=1S/C20H31N3O3/c1-3-26-18-8-5-4-7-17(18)20(25)22-15-19(24)21-11-6-12-23-13-9-16(2)10-14-23/h4-5,7-8,16H,3,6,9-15H2,1-2H3,(H,21,24)(H,22,25). The summed E-state index contributed by atoms with van der Waals surface area (Å²) in [4.78, 5) is 26.6. The number of piperidine rings is 1. The fourth-order valence-corrected chi connectivity index (χ4v) is 3.07. The van der Waals surface area contributed by atoms with Gasteiger partial charge in [-0.3, -0.25) is 9.59 Å². The van der Waals surface area contributed by atoms with Crippen LogP contribution in [0.4, 0.5) is 0 Å². The molecule has 1 saturated heterocycles. The van der Waals surface area contributed by atoms with Gasteiger partial charge < -0.3 is 20.3 Å². The number of nitrogens with zero attached hydrogens (tertiary/aromatic N) is 1. The molecular formula is C20H31N3O3. The van der Waals surface area contributed by atoms with Gasteiger partial charge in [-0.15, -0.1) is 0 Å². The van der Waals surface area contributed by atoms with Crippen molar-refractivity contribution in [1.29, 1.82) is 0 Å². The highest BCUT2D eigenvalue weighted by Gasteiger charge is 2.15. The molecule has 1 aliphatic rings. The molecule has 2 N–H and O–H groups in total. The van der Waals surface area contributed by atoms with Gasteiger partial charge in [-0.1, -0.05) is 19.1 Å². The summed E-state index contributed by atoms with van der Waals surface area (Å²) in [6.07, 6.45) is 3.46. The van der Waals surface area contributed by atoms with Crippen LogP contribution >= 0.6 is 0 Å². The van der Waals surface area contributed by atoms with E-state index in [2.05, 4.69) is 22.5 Å². The summed E-state index contributed by atoms with van der Waals surface area (Å²) in [5.41, 5.74) is 0.446. The van der Waals surface area contributed by atoms with Crippen LogP contribution < -0.4 is 15.4 Å². The van der Waals surface area contributed by atoms with E-state index in [9.17, 15) is 9.59 Å². The van der Waals surface area contributed by atoms with Crippen molar-refractivity contribution in [1.82, 2.24) is 15.5 Å². The van der Waals surface area contributed by atoms with Crippen LogP contribution in [0.25, 0.3) is 0 Å². The van der Waals surface area contributed by atoms with E-state index in [0.29, 0.717) is 24.5 Å². The number of hydrogen-bond donors (Lipinski definition) is 2. The number of rotatable bonds is 9. The van der Waals surface area contributed by atoms with Crippen molar-refractivity contribution in [2.45, 2.75) is 33.1 Å². The molecule has 0 unspecified atom stereocenters. The maximum Gasteiger partial charge on any atom is 0.255 e. The Morgan fingerprint density at radius 1 is 1.19 bits per heavy atom. The molecule has 2 rings (SSSR count). The minimum absolute atomic E-state index is 0.0273. The molecule has 0 radical (unpaired) electrons. The number of carbonyl (C=O) groups is 2. The third kappa shape index (κ3) is 6.67. The normalized spacial score (nSPS) is 15.5.